The van der Waals surface area contributed by atoms with E-state index in [0.29, 0.717) is 22.7 Å². The highest BCUT2D eigenvalue weighted by Crippen LogP contribution is 2.37. The fourth-order valence-corrected chi connectivity index (χ4v) is 3.84. The number of allylic oxidation sites excluding steroid dienone is 2. The Hall–Kier alpha value is -2.43. The van der Waals surface area contributed by atoms with Crippen molar-refractivity contribution in [2.75, 3.05) is 0 Å². The lowest BCUT2D eigenvalue weighted by Crippen LogP contribution is -2.35. The van der Waals surface area contributed by atoms with Crippen LogP contribution in [-0.2, 0) is 4.84 Å². The number of hydrogen-bond donors (Lipinski definition) is 1. The second-order valence-corrected chi connectivity index (χ2v) is 8.67. The second kappa shape index (κ2) is 9.82. The zero-order valence-electron chi connectivity index (χ0n) is 16.6. The summed E-state index contributed by atoms with van der Waals surface area (Å²) in [6.45, 7) is 1.53. The van der Waals surface area contributed by atoms with Crippen molar-refractivity contribution in [3.63, 3.8) is 0 Å². The third kappa shape index (κ3) is 5.93. The molecule has 0 spiro atoms. The van der Waals surface area contributed by atoms with Crippen LogP contribution >= 0.6 is 39.1 Å². The van der Waals surface area contributed by atoms with Crippen LogP contribution in [-0.4, -0.2) is 28.7 Å². The monoisotopic (exact) mass is 566 g/mol. The Morgan fingerprint density at radius 3 is 2.33 bits per heavy atom. The number of ketones is 1. The number of carbonyl (C=O) groups excluding carboxylic acids is 2. The van der Waals surface area contributed by atoms with Crippen LogP contribution in [0.1, 0.15) is 38.3 Å². The van der Waals surface area contributed by atoms with Gasteiger partial charge in [0.15, 0.2) is 11.6 Å². The number of aryl methyl sites for hydroxylation is 1. The average Bonchev–Trinajstić information content (AvgIpc) is 3.13. The second-order valence-electron chi connectivity index (χ2n) is 6.94. The molecule has 33 heavy (non-hydrogen) atoms. The molecule has 0 radical (unpaired) electrons. The number of hydrogen-bond acceptors (Lipinski definition) is 4. The SMILES string of the molecule is Cc1cc(C(=O)/C=C(\c2cc(Cl)c(F)c(Cl)c2)C(F)(F)F)ccc1C(=O)NC1CC(Br)=NO1. The highest BCUT2D eigenvalue weighted by Gasteiger charge is 2.36. The molecule has 1 heterocycles. The molecule has 1 amide bonds. The summed E-state index contributed by atoms with van der Waals surface area (Å²) in [5.41, 5.74) is -1.44. The predicted molar refractivity (Wildman–Crippen MR) is 119 cm³/mol. The molecular formula is C21H13BrCl2F4N2O3. The van der Waals surface area contributed by atoms with Crippen LogP contribution in [0.4, 0.5) is 17.6 Å². The van der Waals surface area contributed by atoms with E-state index in [0.717, 1.165) is 12.1 Å². The summed E-state index contributed by atoms with van der Waals surface area (Å²) in [6.07, 6.45) is -4.91. The van der Waals surface area contributed by atoms with Crippen LogP contribution in [0, 0.1) is 12.7 Å². The van der Waals surface area contributed by atoms with Crippen molar-refractivity contribution in [1.29, 1.82) is 0 Å². The maximum absolute atomic E-state index is 13.6. The molecule has 0 saturated heterocycles. The fraction of sp³-hybridized carbons (Fsp3) is 0.190. The van der Waals surface area contributed by atoms with Gasteiger partial charge >= 0.3 is 6.18 Å². The maximum atomic E-state index is 13.6. The lowest BCUT2D eigenvalue weighted by Gasteiger charge is -2.14. The number of halogens is 7. The Balaban J connectivity index is 1.88. The Bertz CT molecular complexity index is 1180. The van der Waals surface area contributed by atoms with Crippen molar-refractivity contribution in [2.45, 2.75) is 25.7 Å². The number of nitrogens with zero attached hydrogens (tertiary/aromatic N) is 1. The quantitative estimate of drug-likeness (QED) is 0.195. The summed E-state index contributed by atoms with van der Waals surface area (Å²) in [6, 6.07) is 5.30. The van der Waals surface area contributed by atoms with Crippen LogP contribution in [0.25, 0.3) is 5.57 Å². The van der Waals surface area contributed by atoms with Gasteiger partial charge in [0.25, 0.3) is 5.91 Å². The Labute approximate surface area is 203 Å². The van der Waals surface area contributed by atoms with Crippen molar-refractivity contribution in [1.82, 2.24) is 5.32 Å². The van der Waals surface area contributed by atoms with Gasteiger partial charge in [-0.15, -0.1) is 0 Å². The van der Waals surface area contributed by atoms with E-state index in [2.05, 4.69) is 26.4 Å². The standard InChI is InChI=1S/C21H13BrCl2F4N2O3/c1-9-4-10(2-3-12(9)20(32)29-18-8-17(22)30-33-18)16(31)7-13(21(26,27)28)11-5-14(23)19(25)15(24)6-11/h2-7,18H,8H2,1H3,(H,29,32)/b13-7+. The molecule has 1 aliphatic heterocycles. The molecule has 0 aliphatic carbocycles. The number of amides is 1. The summed E-state index contributed by atoms with van der Waals surface area (Å²) < 4.78 is 55.1. The smallest absolute Gasteiger partial charge is 0.369 e. The molecule has 1 unspecified atom stereocenters. The zero-order chi connectivity index (χ0) is 24.5. The molecule has 3 rings (SSSR count). The summed E-state index contributed by atoms with van der Waals surface area (Å²) in [4.78, 5) is 30.0. The lowest BCUT2D eigenvalue weighted by atomic mass is 9.98. The highest BCUT2D eigenvalue weighted by atomic mass is 79.9. The Kier molecular flexibility index (Phi) is 7.50. The number of oxime groups is 1. The molecule has 2 aromatic rings. The van der Waals surface area contributed by atoms with Gasteiger partial charge in [0.2, 0.25) is 6.23 Å². The molecule has 0 bridgehead atoms. The highest BCUT2D eigenvalue weighted by molar-refractivity contribution is 9.18. The van der Waals surface area contributed by atoms with E-state index in [1.165, 1.54) is 25.1 Å². The van der Waals surface area contributed by atoms with E-state index in [1.807, 2.05) is 0 Å². The summed E-state index contributed by atoms with van der Waals surface area (Å²) in [5.74, 6) is -2.55. The van der Waals surface area contributed by atoms with Crippen molar-refractivity contribution in [3.8, 4) is 0 Å². The first-order valence-electron chi connectivity index (χ1n) is 9.14. The Morgan fingerprint density at radius 1 is 1.18 bits per heavy atom. The fourth-order valence-electron chi connectivity index (χ4n) is 2.98. The van der Waals surface area contributed by atoms with E-state index >= 15 is 0 Å². The molecule has 0 aromatic heterocycles. The minimum atomic E-state index is -4.95. The van der Waals surface area contributed by atoms with Crippen LogP contribution in [0.5, 0.6) is 0 Å². The number of carbonyl (C=O) groups is 2. The van der Waals surface area contributed by atoms with Gasteiger partial charge < -0.3 is 10.2 Å². The van der Waals surface area contributed by atoms with Gasteiger partial charge in [-0.2, -0.15) is 13.2 Å². The van der Waals surface area contributed by atoms with E-state index in [1.54, 1.807) is 0 Å². The molecule has 174 valence electrons. The van der Waals surface area contributed by atoms with Crippen molar-refractivity contribution in [3.05, 3.63) is 74.5 Å². The van der Waals surface area contributed by atoms with E-state index in [4.69, 9.17) is 28.0 Å². The average molecular weight is 568 g/mol. The third-order valence-corrected chi connectivity index (χ3v) is 5.57. The molecule has 2 aromatic carbocycles. The van der Waals surface area contributed by atoms with E-state index < -0.39 is 51.1 Å². The number of benzene rings is 2. The number of nitrogens with one attached hydrogen (secondary N) is 1. The molecule has 1 aliphatic rings. The summed E-state index contributed by atoms with van der Waals surface area (Å²) >= 11 is 14.4. The van der Waals surface area contributed by atoms with Gasteiger partial charge in [0.05, 0.1) is 22.0 Å². The van der Waals surface area contributed by atoms with Crippen molar-refractivity contribution >= 4 is 61.0 Å². The normalized spacial score (nSPS) is 16.3. The van der Waals surface area contributed by atoms with Gasteiger partial charge in [0.1, 0.15) is 4.62 Å². The lowest BCUT2D eigenvalue weighted by molar-refractivity contribution is -0.0689. The van der Waals surface area contributed by atoms with E-state index in [-0.39, 0.29) is 11.1 Å². The topological polar surface area (TPSA) is 67.8 Å². The van der Waals surface area contributed by atoms with E-state index in [9.17, 15) is 27.2 Å². The van der Waals surface area contributed by atoms with Crippen LogP contribution in [0.15, 0.2) is 41.6 Å². The number of alkyl halides is 3. The minimum Gasteiger partial charge on any atom is -0.369 e. The largest absolute Gasteiger partial charge is 0.417 e. The van der Waals surface area contributed by atoms with Gasteiger partial charge in [-0.05, 0) is 64.3 Å². The Morgan fingerprint density at radius 2 is 1.82 bits per heavy atom. The van der Waals surface area contributed by atoms with Crippen LogP contribution in [0.2, 0.25) is 10.0 Å². The number of rotatable bonds is 5. The van der Waals surface area contributed by atoms with Gasteiger partial charge in [0, 0.05) is 11.1 Å². The third-order valence-electron chi connectivity index (χ3n) is 4.56. The van der Waals surface area contributed by atoms with Crippen molar-refractivity contribution < 1.29 is 32.0 Å². The first kappa shape index (κ1) is 25.2. The first-order valence-corrected chi connectivity index (χ1v) is 10.7. The first-order chi connectivity index (χ1) is 15.4. The predicted octanol–water partition coefficient (Wildman–Crippen LogP) is 6.45. The summed E-state index contributed by atoms with van der Waals surface area (Å²) in [7, 11) is 0. The summed E-state index contributed by atoms with van der Waals surface area (Å²) in [5, 5.41) is 5.02. The minimum absolute atomic E-state index is 0.0895. The van der Waals surface area contributed by atoms with Crippen LogP contribution < -0.4 is 5.32 Å². The molecule has 0 fully saturated rings. The maximum Gasteiger partial charge on any atom is 0.417 e. The van der Waals surface area contributed by atoms with Gasteiger partial charge in [-0.3, -0.25) is 9.59 Å². The van der Waals surface area contributed by atoms with Crippen LogP contribution in [0.3, 0.4) is 0 Å². The molecular weight excluding hydrogens is 555 g/mol. The van der Waals surface area contributed by atoms with Gasteiger partial charge in [-0.1, -0.05) is 34.4 Å². The molecule has 0 saturated carbocycles. The molecule has 12 heteroatoms. The van der Waals surface area contributed by atoms with Gasteiger partial charge in [-0.25, -0.2) is 4.39 Å². The zero-order valence-corrected chi connectivity index (χ0v) is 19.7. The molecule has 1 N–H and O–H groups in total. The molecule has 5 nitrogen and oxygen atoms in total. The molecule has 1 atom stereocenters. The van der Waals surface area contributed by atoms with Crippen molar-refractivity contribution in [2.24, 2.45) is 5.16 Å².